The van der Waals surface area contributed by atoms with Gasteiger partial charge in [0.05, 0.1) is 35.1 Å². The number of sulfone groups is 1. The fourth-order valence-electron chi connectivity index (χ4n) is 3.27. The molecule has 0 N–H and O–H groups in total. The van der Waals surface area contributed by atoms with E-state index in [9.17, 15) is 18.5 Å². The van der Waals surface area contributed by atoms with E-state index in [1.165, 1.54) is 18.4 Å². The van der Waals surface area contributed by atoms with Gasteiger partial charge in [0.1, 0.15) is 17.4 Å². The van der Waals surface area contributed by atoms with Crippen LogP contribution in [0.5, 0.6) is 0 Å². The van der Waals surface area contributed by atoms with Gasteiger partial charge < -0.3 is 4.42 Å². The van der Waals surface area contributed by atoms with Gasteiger partial charge in [0.25, 0.3) is 0 Å². The lowest BCUT2D eigenvalue weighted by Crippen LogP contribution is -2.14. The highest BCUT2D eigenvalue weighted by molar-refractivity contribution is 7.91. The van der Waals surface area contributed by atoms with Crippen LogP contribution in [-0.2, 0) is 9.84 Å². The molecule has 7 nitrogen and oxygen atoms in total. The minimum absolute atomic E-state index is 0.0145. The highest BCUT2D eigenvalue weighted by Gasteiger charge is 2.31. The molecule has 8 heteroatoms. The number of carbonyl (C=O) groups is 1. The molecule has 0 bridgehead atoms. The molecule has 1 fully saturated rings. The molecule has 2 aromatic rings. The number of nitrogens with zero attached hydrogens (tertiary/aromatic N) is 3. The Morgan fingerprint density at radius 1 is 1.42 bits per heavy atom. The summed E-state index contributed by atoms with van der Waals surface area (Å²) >= 11 is 0. The number of aryl methyl sites for hydroxylation is 2. The summed E-state index contributed by atoms with van der Waals surface area (Å²) in [5.41, 5.74) is 2.40. The van der Waals surface area contributed by atoms with Crippen LogP contribution in [0.1, 0.15) is 45.5 Å². The standard InChI is InChI=1S/C18H19N3O4S/c1-11-17(8-14(9-19)18(22)16-4-6-25-13(16)3)12(2)21(20-11)15-5-7-26(23,24)10-15/h4,6,8,15H,5,7,10H2,1-3H3/b14-8+/t15-/m1/s1. The normalized spacial score (nSPS) is 19.5. The van der Waals surface area contributed by atoms with Crippen molar-refractivity contribution in [3.63, 3.8) is 0 Å². The first-order chi connectivity index (χ1) is 12.2. The minimum Gasteiger partial charge on any atom is -0.469 e. The molecular weight excluding hydrogens is 354 g/mol. The van der Waals surface area contributed by atoms with Gasteiger partial charge in [0, 0.05) is 11.3 Å². The molecule has 1 saturated heterocycles. The number of rotatable bonds is 4. The molecule has 0 amide bonds. The first-order valence-corrected chi connectivity index (χ1v) is 10.0. The lowest BCUT2D eigenvalue weighted by atomic mass is 10.0. The zero-order chi connectivity index (χ0) is 19.1. The second-order valence-corrected chi connectivity index (χ2v) is 8.70. The maximum atomic E-state index is 12.6. The number of hydrogen-bond acceptors (Lipinski definition) is 6. The van der Waals surface area contributed by atoms with Gasteiger partial charge in [-0.2, -0.15) is 10.4 Å². The van der Waals surface area contributed by atoms with E-state index in [4.69, 9.17) is 4.42 Å². The lowest BCUT2D eigenvalue weighted by molar-refractivity contribution is 0.103. The number of hydrogen-bond donors (Lipinski definition) is 0. The van der Waals surface area contributed by atoms with Crippen molar-refractivity contribution >= 4 is 21.7 Å². The fourth-order valence-corrected chi connectivity index (χ4v) is 4.96. The Kier molecular flexibility index (Phi) is 4.59. The molecule has 1 atom stereocenters. The van der Waals surface area contributed by atoms with E-state index in [0.29, 0.717) is 29.0 Å². The van der Waals surface area contributed by atoms with Gasteiger partial charge in [-0.3, -0.25) is 9.48 Å². The third-order valence-corrected chi connectivity index (χ3v) is 6.44. The summed E-state index contributed by atoms with van der Waals surface area (Å²) in [6.07, 6.45) is 3.45. The van der Waals surface area contributed by atoms with Gasteiger partial charge in [0.15, 0.2) is 9.84 Å². The van der Waals surface area contributed by atoms with Crippen LogP contribution >= 0.6 is 0 Å². The average molecular weight is 373 g/mol. The minimum atomic E-state index is -3.03. The molecule has 0 radical (unpaired) electrons. The molecule has 0 saturated carbocycles. The van der Waals surface area contributed by atoms with Crippen molar-refractivity contribution in [3.05, 3.63) is 46.2 Å². The van der Waals surface area contributed by atoms with Gasteiger partial charge in [-0.05, 0) is 39.3 Å². The molecule has 2 aromatic heterocycles. The van der Waals surface area contributed by atoms with E-state index in [-0.39, 0.29) is 23.1 Å². The Bertz CT molecular complexity index is 1050. The average Bonchev–Trinajstić information content (AvgIpc) is 3.24. The van der Waals surface area contributed by atoms with E-state index in [0.717, 1.165) is 5.69 Å². The zero-order valence-corrected chi connectivity index (χ0v) is 15.6. The van der Waals surface area contributed by atoms with Gasteiger partial charge in [-0.1, -0.05) is 0 Å². The van der Waals surface area contributed by atoms with Crippen molar-refractivity contribution in [3.8, 4) is 6.07 Å². The first kappa shape index (κ1) is 18.1. The second-order valence-electron chi connectivity index (χ2n) is 6.48. The Labute approximate surface area is 151 Å². The summed E-state index contributed by atoms with van der Waals surface area (Å²) in [5.74, 6) is 0.268. The number of aromatic nitrogens is 2. The number of allylic oxidation sites excluding steroid dienone is 1. The number of ketones is 1. The van der Waals surface area contributed by atoms with Crippen LogP contribution < -0.4 is 0 Å². The molecule has 3 rings (SSSR count). The predicted octanol–water partition coefficient (Wildman–Crippen LogP) is 2.55. The molecule has 1 aliphatic heterocycles. The quantitative estimate of drug-likeness (QED) is 0.463. The molecule has 26 heavy (non-hydrogen) atoms. The Hall–Kier alpha value is -2.66. The Balaban J connectivity index is 1.99. The zero-order valence-electron chi connectivity index (χ0n) is 14.8. The highest BCUT2D eigenvalue weighted by atomic mass is 32.2. The third kappa shape index (κ3) is 3.22. The molecule has 1 aliphatic rings. The number of furan rings is 1. The van der Waals surface area contributed by atoms with Gasteiger partial charge >= 0.3 is 0 Å². The molecule has 0 aliphatic carbocycles. The molecule has 0 unspecified atom stereocenters. The topological polar surface area (TPSA) is 106 Å². The summed E-state index contributed by atoms with van der Waals surface area (Å²) in [4.78, 5) is 12.6. The van der Waals surface area contributed by atoms with E-state index in [2.05, 4.69) is 5.10 Å². The molecular formula is C18H19N3O4S. The van der Waals surface area contributed by atoms with Gasteiger partial charge in [-0.25, -0.2) is 8.42 Å². The number of Topliss-reactive ketones (excluding diaryl/α,β-unsaturated/α-hetero) is 1. The fraction of sp³-hybridized carbons (Fsp3) is 0.389. The van der Waals surface area contributed by atoms with Crippen LogP contribution in [0.3, 0.4) is 0 Å². The van der Waals surface area contributed by atoms with Crippen LogP contribution in [0.15, 0.2) is 22.3 Å². The van der Waals surface area contributed by atoms with Crippen LogP contribution in [0.25, 0.3) is 6.08 Å². The van der Waals surface area contributed by atoms with E-state index in [1.807, 2.05) is 13.0 Å². The second kappa shape index (κ2) is 6.57. The maximum absolute atomic E-state index is 12.6. The Morgan fingerprint density at radius 2 is 2.15 bits per heavy atom. The van der Waals surface area contributed by atoms with Crippen molar-refractivity contribution < 1.29 is 17.6 Å². The van der Waals surface area contributed by atoms with E-state index in [1.54, 1.807) is 18.5 Å². The smallest absolute Gasteiger partial charge is 0.207 e. The SMILES string of the molecule is Cc1nn([C@@H]2CCS(=O)(=O)C2)c(C)c1/C=C(\C#N)C(=O)c1ccoc1C. The van der Waals surface area contributed by atoms with Crippen molar-refractivity contribution in [2.75, 3.05) is 11.5 Å². The third-order valence-electron chi connectivity index (χ3n) is 4.69. The monoisotopic (exact) mass is 373 g/mol. The first-order valence-electron chi connectivity index (χ1n) is 8.20. The summed E-state index contributed by atoms with van der Waals surface area (Å²) in [6, 6.07) is 3.28. The van der Waals surface area contributed by atoms with Crippen molar-refractivity contribution in [1.29, 1.82) is 5.26 Å². The van der Waals surface area contributed by atoms with Crippen LogP contribution in [0.2, 0.25) is 0 Å². The highest BCUT2D eigenvalue weighted by Crippen LogP contribution is 2.28. The van der Waals surface area contributed by atoms with Crippen LogP contribution in [0.4, 0.5) is 0 Å². The Morgan fingerprint density at radius 3 is 2.69 bits per heavy atom. The number of nitriles is 1. The summed E-state index contributed by atoms with van der Waals surface area (Å²) in [7, 11) is -3.03. The molecule has 0 spiro atoms. The van der Waals surface area contributed by atoms with Crippen LogP contribution in [-0.4, -0.2) is 35.5 Å². The molecule has 0 aromatic carbocycles. The summed E-state index contributed by atoms with van der Waals surface area (Å²) in [5, 5.41) is 13.9. The maximum Gasteiger partial charge on any atom is 0.207 e. The van der Waals surface area contributed by atoms with Gasteiger partial charge in [0.2, 0.25) is 5.78 Å². The van der Waals surface area contributed by atoms with Gasteiger partial charge in [-0.15, -0.1) is 0 Å². The molecule has 136 valence electrons. The van der Waals surface area contributed by atoms with Crippen LogP contribution in [0, 0.1) is 32.1 Å². The van der Waals surface area contributed by atoms with Crippen molar-refractivity contribution in [2.45, 2.75) is 33.2 Å². The van der Waals surface area contributed by atoms with E-state index >= 15 is 0 Å². The largest absolute Gasteiger partial charge is 0.469 e. The summed E-state index contributed by atoms with van der Waals surface area (Å²) in [6.45, 7) is 5.26. The van der Waals surface area contributed by atoms with Crippen molar-refractivity contribution in [1.82, 2.24) is 9.78 Å². The molecule has 3 heterocycles. The van der Waals surface area contributed by atoms with Crippen molar-refractivity contribution in [2.24, 2.45) is 0 Å². The number of carbonyl (C=O) groups excluding carboxylic acids is 1. The van der Waals surface area contributed by atoms with E-state index < -0.39 is 15.6 Å². The lowest BCUT2D eigenvalue weighted by Gasteiger charge is -2.11. The summed E-state index contributed by atoms with van der Waals surface area (Å²) < 4.78 is 30.3. The predicted molar refractivity (Wildman–Crippen MR) is 95.4 cm³/mol.